The van der Waals surface area contributed by atoms with Crippen LogP contribution in [0.1, 0.15) is 10.4 Å². The minimum atomic E-state index is -4.37. The van der Waals surface area contributed by atoms with E-state index in [4.69, 9.17) is 16.6 Å². The van der Waals surface area contributed by atoms with E-state index in [0.29, 0.717) is 0 Å². The molecule has 20 heavy (non-hydrogen) atoms. The molecule has 9 nitrogen and oxygen atoms in total. The number of carbonyl (C=O) groups excluding carboxylic acids is 1. The SMILES string of the molecule is NC(=O)c1cccc(N(O)S(=O)(=O)C[C@H](N)C(=O)O)c1. The van der Waals surface area contributed by atoms with E-state index < -0.39 is 33.7 Å². The van der Waals surface area contributed by atoms with E-state index in [1.54, 1.807) is 0 Å². The lowest BCUT2D eigenvalue weighted by molar-refractivity contribution is -0.137. The minimum Gasteiger partial charge on any atom is -0.480 e. The second kappa shape index (κ2) is 5.86. The van der Waals surface area contributed by atoms with Gasteiger partial charge in [0.1, 0.15) is 6.04 Å². The van der Waals surface area contributed by atoms with Gasteiger partial charge in [0.15, 0.2) is 0 Å². The van der Waals surface area contributed by atoms with Gasteiger partial charge in [-0.25, -0.2) is 8.42 Å². The number of carboxylic acids is 1. The van der Waals surface area contributed by atoms with E-state index in [1.165, 1.54) is 18.2 Å². The molecular formula is C10H13N3O6S. The predicted octanol–water partition coefficient (Wildman–Crippen LogP) is -1.28. The molecule has 1 aromatic rings. The van der Waals surface area contributed by atoms with E-state index in [9.17, 15) is 23.2 Å². The van der Waals surface area contributed by atoms with Crippen molar-refractivity contribution in [3.8, 4) is 0 Å². The van der Waals surface area contributed by atoms with Gasteiger partial charge in [-0.2, -0.15) is 0 Å². The summed E-state index contributed by atoms with van der Waals surface area (Å²) in [6, 6.07) is 3.21. The van der Waals surface area contributed by atoms with Crippen LogP contribution in [0.5, 0.6) is 0 Å². The van der Waals surface area contributed by atoms with E-state index in [1.807, 2.05) is 0 Å². The van der Waals surface area contributed by atoms with Crippen LogP contribution < -0.4 is 15.9 Å². The Hall–Kier alpha value is -2.17. The molecule has 1 aromatic carbocycles. The third-order valence-electron chi connectivity index (χ3n) is 2.32. The summed E-state index contributed by atoms with van der Waals surface area (Å²) < 4.78 is 23.4. The molecule has 0 aliphatic heterocycles. The summed E-state index contributed by atoms with van der Waals surface area (Å²) in [6.45, 7) is 0. The molecule has 0 saturated heterocycles. The Bertz CT molecular complexity index is 630. The van der Waals surface area contributed by atoms with E-state index in [2.05, 4.69) is 0 Å². The highest BCUT2D eigenvalue weighted by Crippen LogP contribution is 2.18. The van der Waals surface area contributed by atoms with Crippen LogP contribution >= 0.6 is 0 Å². The van der Waals surface area contributed by atoms with Gasteiger partial charge in [0, 0.05) is 5.56 Å². The molecule has 0 saturated carbocycles. The maximum absolute atomic E-state index is 11.7. The largest absolute Gasteiger partial charge is 0.480 e. The summed E-state index contributed by atoms with van der Waals surface area (Å²) in [5.74, 6) is -3.33. The second-order valence-electron chi connectivity index (χ2n) is 3.88. The van der Waals surface area contributed by atoms with Crippen LogP contribution in [0, 0.1) is 0 Å². The van der Waals surface area contributed by atoms with Gasteiger partial charge >= 0.3 is 5.97 Å². The standard InChI is InChI=1S/C10H13N3O6S/c11-8(10(15)16)5-20(18,19)13(17)7-3-1-2-6(4-7)9(12)14/h1-4,8,17H,5,11H2,(H2,12,14)(H,15,16)/t8-/m0/s1. The maximum atomic E-state index is 11.7. The first-order chi connectivity index (χ1) is 9.15. The number of sulfonamides is 1. The highest BCUT2D eigenvalue weighted by atomic mass is 32.2. The fourth-order valence-electron chi connectivity index (χ4n) is 1.31. The number of hydrogen-bond acceptors (Lipinski definition) is 6. The van der Waals surface area contributed by atoms with Gasteiger partial charge in [-0.1, -0.05) is 6.07 Å². The number of rotatable bonds is 6. The minimum absolute atomic E-state index is 0.0146. The first-order valence-corrected chi connectivity index (χ1v) is 6.86. The van der Waals surface area contributed by atoms with Gasteiger partial charge in [0.2, 0.25) is 5.91 Å². The normalized spacial score (nSPS) is 12.7. The Morgan fingerprint density at radius 3 is 2.45 bits per heavy atom. The Morgan fingerprint density at radius 2 is 1.95 bits per heavy atom. The van der Waals surface area contributed by atoms with Crippen molar-refractivity contribution in [1.29, 1.82) is 0 Å². The van der Waals surface area contributed by atoms with E-state index in [-0.39, 0.29) is 15.7 Å². The van der Waals surface area contributed by atoms with Crippen LogP contribution in [0.25, 0.3) is 0 Å². The summed E-state index contributed by atoms with van der Waals surface area (Å²) in [4.78, 5) is 21.5. The van der Waals surface area contributed by atoms with Crippen LogP contribution in [0.2, 0.25) is 0 Å². The number of hydrogen-bond donors (Lipinski definition) is 4. The summed E-state index contributed by atoms with van der Waals surface area (Å²) in [7, 11) is -4.37. The number of nitrogens with two attached hydrogens (primary N) is 2. The third kappa shape index (κ3) is 3.66. The van der Waals surface area contributed by atoms with Crippen molar-refractivity contribution < 1.29 is 28.3 Å². The number of anilines is 1. The molecule has 1 amide bonds. The molecule has 0 fully saturated rings. The topological polar surface area (TPSA) is 164 Å². The maximum Gasteiger partial charge on any atom is 0.321 e. The molecular weight excluding hydrogens is 290 g/mol. The molecule has 0 aromatic heterocycles. The number of amides is 1. The summed E-state index contributed by atoms with van der Waals surface area (Å²) in [6.07, 6.45) is 0. The second-order valence-corrected chi connectivity index (χ2v) is 5.72. The number of carbonyl (C=O) groups is 2. The van der Waals surface area contributed by atoms with Crippen molar-refractivity contribution in [2.24, 2.45) is 11.5 Å². The van der Waals surface area contributed by atoms with Crippen molar-refractivity contribution in [3.05, 3.63) is 29.8 Å². The summed E-state index contributed by atoms with van der Waals surface area (Å²) >= 11 is 0. The van der Waals surface area contributed by atoms with Gasteiger partial charge in [-0.15, -0.1) is 4.47 Å². The van der Waals surface area contributed by atoms with Gasteiger partial charge in [-0.3, -0.25) is 14.8 Å². The zero-order valence-electron chi connectivity index (χ0n) is 10.1. The average molecular weight is 303 g/mol. The molecule has 1 rings (SSSR count). The van der Waals surface area contributed by atoms with Gasteiger partial charge in [0.25, 0.3) is 10.0 Å². The molecule has 0 bridgehead atoms. The first kappa shape index (κ1) is 15.9. The summed E-state index contributed by atoms with van der Waals surface area (Å²) in [5, 5.41) is 18.2. The molecule has 0 aliphatic rings. The van der Waals surface area contributed by atoms with Crippen LogP contribution in [-0.2, 0) is 14.8 Å². The fraction of sp³-hybridized carbons (Fsp3) is 0.200. The molecule has 0 radical (unpaired) electrons. The molecule has 0 aliphatic carbocycles. The van der Waals surface area contributed by atoms with Crippen LogP contribution in [0.4, 0.5) is 5.69 Å². The Labute approximate surface area is 114 Å². The van der Waals surface area contributed by atoms with Gasteiger partial charge in [0.05, 0.1) is 11.4 Å². The highest BCUT2D eigenvalue weighted by Gasteiger charge is 2.27. The first-order valence-electron chi connectivity index (χ1n) is 5.25. The molecule has 0 unspecified atom stereocenters. The molecule has 10 heteroatoms. The number of carboxylic acid groups (broad SMARTS) is 1. The van der Waals surface area contributed by atoms with E-state index >= 15 is 0 Å². The van der Waals surface area contributed by atoms with Crippen LogP contribution in [-0.4, -0.2) is 42.4 Å². The van der Waals surface area contributed by atoms with Crippen molar-refractivity contribution in [1.82, 2.24) is 0 Å². The molecule has 6 N–H and O–H groups in total. The third-order valence-corrected chi connectivity index (χ3v) is 3.84. The zero-order valence-corrected chi connectivity index (χ0v) is 10.9. The van der Waals surface area contributed by atoms with Crippen LogP contribution in [0.3, 0.4) is 0 Å². The zero-order chi connectivity index (χ0) is 15.5. The predicted molar refractivity (Wildman–Crippen MR) is 68.6 cm³/mol. The van der Waals surface area contributed by atoms with Gasteiger partial charge in [-0.05, 0) is 18.2 Å². The van der Waals surface area contributed by atoms with Crippen molar-refractivity contribution >= 4 is 27.6 Å². The lowest BCUT2D eigenvalue weighted by atomic mass is 10.2. The number of benzene rings is 1. The van der Waals surface area contributed by atoms with Crippen molar-refractivity contribution in [2.45, 2.75) is 6.04 Å². The Kier molecular flexibility index (Phi) is 4.65. The van der Waals surface area contributed by atoms with Gasteiger partial charge < -0.3 is 16.6 Å². The number of nitrogens with zero attached hydrogens (tertiary/aromatic N) is 1. The number of aliphatic carboxylic acids is 1. The smallest absolute Gasteiger partial charge is 0.321 e. The average Bonchev–Trinajstić information content (AvgIpc) is 2.37. The number of primary amides is 1. The van der Waals surface area contributed by atoms with E-state index in [0.717, 1.165) is 6.07 Å². The molecule has 110 valence electrons. The molecule has 0 heterocycles. The fourth-order valence-corrected chi connectivity index (χ4v) is 2.48. The Balaban J connectivity index is 3.04. The van der Waals surface area contributed by atoms with Crippen molar-refractivity contribution in [3.63, 3.8) is 0 Å². The molecule has 1 atom stereocenters. The highest BCUT2D eigenvalue weighted by molar-refractivity contribution is 7.92. The monoisotopic (exact) mass is 303 g/mol. The quantitative estimate of drug-likeness (QED) is 0.475. The lowest BCUT2D eigenvalue weighted by Gasteiger charge is -2.18. The Morgan fingerprint density at radius 1 is 1.35 bits per heavy atom. The van der Waals surface area contributed by atoms with Crippen molar-refractivity contribution in [2.75, 3.05) is 10.2 Å². The van der Waals surface area contributed by atoms with Crippen LogP contribution in [0.15, 0.2) is 24.3 Å². The lowest BCUT2D eigenvalue weighted by Crippen LogP contribution is -2.42. The summed E-state index contributed by atoms with van der Waals surface area (Å²) in [5.41, 5.74) is 9.87. The molecule has 0 spiro atoms.